The van der Waals surface area contributed by atoms with Crippen LogP contribution < -0.4 is 10.6 Å². The first kappa shape index (κ1) is 7.52. The number of nitrogens with zero attached hydrogens (tertiary/aromatic N) is 1. The maximum atomic E-state index is 5.38. The van der Waals surface area contributed by atoms with Crippen LogP contribution in [0.15, 0.2) is 29.5 Å². The summed E-state index contributed by atoms with van der Waals surface area (Å²) in [4.78, 5) is 4.18. The second-order valence-corrected chi connectivity index (χ2v) is 2.56. The van der Waals surface area contributed by atoms with E-state index in [0.717, 1.165) is 19.0 Å². The summed E-state index contributed by atoms with van der Waals surface area (Å²) in [6, 6.07) is 0. The van der Waals surface area contributed by atoms with Crippen LogP contribution in [0.5, 0.6) is 0 Å². The Kier molecular flexibility index (Phi) is 2.20. The summed E-state index contributed by atoms with van der Waals surface area (Å²) in [6.45, 7) is 1.64. The number of amidine groups is 1. The number of rotatable bonds is 1. The van der Waals surface area contributed by atoms with Gasteiger partial charge in [0.05, 0.1) is 6.61 Å². The lowest BCUT2D eigenvalue weighted by molar-refractivity contribution is 0.150. The van der Waals surface area contributed by atoms with Gasteiger partial charge in [-0.2, -0.15) is 0 Å². The van der Waals surface area contributed by atoms with Crippen molar-refractivity contribution in [2.24, 2.45) is 4.99 Å². The highest BCUT2D eigenvalue weighted by Gasteiger charge is 2.19. The Morgan fingerprint density at radius 3 is 3.33 bits per heavy atom. The van der Waals surface area contributed by atoms with Crippen LogP contribution in [0.2, 0.25) is 0 Å². The molecule has 2 rings (SSSR count). The summed E-state index contributed by atoms with van der Waals surface area (Å²) in [5.41, 5.74) is 0. The highest BCUT2D eigenvalue weighted by Crippen LogP contribution is 1.99. The fourth-order valence-electron chi connectivity index (χ4n) is 1.14. The maximum Gasteiger partial charge on any atom is 0.167 e. The molecule has 0 radical (unpaired) electrons. The Labute approximate surface area is 71.0 Å². The van der Waals surface area contributed by atoms with Crippen LogP contribution in [0.25, 0.3) is 0 Å². The minimum absolute atomic E-state index is 0.0719. The van der Waals surface area contributed by atoms with Crippen molar-refractivity contribution < 1.29 is 4.74 Å². The Morgan fingerprint density at radius 1 is 1.50 bits per heavy atom. The molecule has 1 unspecified atom stereocenters. The predicted molar refractivity (Wildman–Crippen MR) is 46.6 cm³/mol. The molecule has 0 aromatic heterocycles. The van der Waals surface area contributed by atoms with Crippen molar-refractivity contribution >= 4 is 5.84 Å². The Balaban J connectivity index is 2.06. The molecule has 0 spiro atoms. The molecule has 0 aromatic carbocycles. The zero-order valence-electron chi connectivity index (χ0n) is 6.66. The van der Waals surface area contributed by atoms with E-state index < -0.39 is 0 Å². The largest absolute Gasteiger partial charge is 0.354 e. The van der Waals surface area contributed by atoms with Crippen molar-refractivity contribution in [2.75, 3.05) is 13.2 Å². The molecule has 0 amide bonds. The van der Waals surface area contributed by atoms with Crippen molar-refractivity contribution in [1.82, 2.24) is 10.6 Å². The Hall–Kier alpha value is -1.13. The van der Waals surface area contributed by atoms with E-state index in [-0.39, 0.29) is 6.23 Å². The van der Waals surface area contributed by atoms with Gasteiger partial charge in [0.25, 0.3) is 0 Å². The first-order chi connectivity index (χ1) is 5.97. The summed E-state index contributed by atoms with van der Waals surface area (Å²) in [6.07, 6.45) is 7.28. The molecule has 2 aliphatic rings. The fraction of sp³-hybridized carbons (Fsp3) is 0.375. The lowest BCUT2D eigenvalue weighted by atomic mass is 10.5. The van der Waals surface area contributed by atoms with Gasteiger partial charge in [-0.1, -0.05) is 0 Å². The van der Waals surface area contributed by atoms with Crippen LogP contribution in [0.3, 0.4) is 0 Å². The predicted octanol–water partition coefficient (Wildman–Crippen LogP) is -0.0386. The van der Waals surface area contributed by atoms with E-state index in [0.29, 0.717) is 0 Å². The van der Waals surface area contributed by atoms with E-state index in [4.69, 9.17) is 4.74 Å². The van der Waals surface area contributed by atoms with E-state index in [2.05, 4.69) is 15.6 Å². The van der Waals surface area contributed by atoms with Gasteiger partial charge in [-0.25, -0.2) is 4.99 Å². The summed E-state index contributed by atoms with van der Waals surface area (Å²) in [5.74, 6) is 0.817. The molecular formula is C8H11N3O. The lowest BCUT2D eigenvalue weighted by Gasteiger charge is -2.11. The molecular weight excluding hydrogens is 154 g/mol. The summed E-state index contributed by atoms with van der Waals surface area (Å²) in [5, 5.41) is 6.21. The molecule has 2 N–H and O–H groups in total. The van der Waals surface area contributed by atoms with E-state index in [9.17, 15) is 0 Å². The molecule has 0 bridgehead atoms. The van der Waals surface area contributed by atoms with Crippen LogP contribution in [-0.2, 0) is 4.74 Å². The molecule has 0 aliphatic carbocycles. The van der Waals surface area contributed by atoms with Crippen LogP contribution in [0, 0.1) is 0 Å². The number of ether oxygens (including phenoxy) is 1. The third kappa shape index (κ3) is 1.54. The fourth-order valence-corrected chi connectivity index (χ4v) is 1.14. The quantitative estimate of drug-likeness (QED) is 0.573. The Morgan fingerprint density at radius 2 is 2.50 bits per heavy atom. The molecule has 0 saturated carbocycles. The van der Waals surface area contributed by atoms with Crippen LogP contribution >= 0.6 is 0 Å². The van der Waals surface area contributed by atoms with Crippen LogP contribution in [0.4, 0.5) is 0 Å². The molecule has 1 saturated heterocycles. The molecule has 1 fully saturated rings. The average molecular weight is 165 g/mol. The lowest BCUT2D eigenvalue weighted by Crippen LogP contribution is -2.39. The number of hydrogen-bond acceptors (Lipinski definition) is 4. The third-order valence-electron chi connectivity index (χ3n) is 1.70. The molecule has 2 aliphatic heterocycles. The van der Waals surface area contributed by atoms with Crippen molar-refractivity contribution in [1.29, 1.82) is 0 Å². The molecule has 0 aromatic rings. The minimum Gasteiger partial charge on any atom is -0.354 e. The molecule has 64 valence electrons. The first-order valence-corrected chi connectivity index (χ1v) is 3.98. The summed E-state index contributed by atoms with van der Waals surface area (Å²) >= 11 is 0. The van der Waals surface area contributed by atoms with E-state index in [1.54, 1.807) is 6.20 Å². The van der Waals surface area contributed by atoms with Crippen molar-refractivity contribution in [3.05, 3.63) is 24.6 Å². The smallest absolute Gasteiger partial charge is 0.167 e. The van der Waals surface area contributed by atoms with Gasteiger partial charge in [0.1, 0.15) is 5.84 Å². The number of aliphatic imine (C=N–C) groups is 1. The minimum atomic E-state index is -0.0719. The van der Waals surface area contributed by atoms with Gasteiger partial charge in [-0.05, 0) is 12.2 Å². The Bertz CT molecular complexity index is 239. The highest BCUT2D eigenvalue weighted by molar-refractivity contribution is 5.88. The van der Waals surface area contributed by atoms with Crippen LogP contribution in [-0.4, -0.2) is 25.2 Å². The van der Waals surface area contributed by atoms with Gasteiger partial charge in [0.15, 0.2) is 6.23 Å². The maximum absolute atomic E-state index is 5.38. The van der Waals surface area contributed by atoms with Gasteiger partial charge < -0.3 is 10.1 Å². The molecule has 4 nitrogen and oxygen atoms in total. The van der Waals surface area contributed by atoms with Gasteiger partial charge in [0.2, 0.25) is 0 Å². The zero-order chi connectivity index (χ0) is 8.23. The standard InChI is InChI=1S/C8H11N3O/c1-2-4-10-7(9-3-1)8-11-5-6-12-8/h1-4,8,11H,5-6H2,(H,9,10). The van der Waals surface area contributed by atoms with Gasteiger partial charge >= 0.3 is 0 Å². The van der Waals surface area contributed by atoms with E-state index >= 15 is 0 Å². The van der Waals surface area contributed by atoms with Crippen molar-refractivity contribution in [3.8, 4) is 0 Å². The normalized spacial score (nSPS) is 28.0. The van der Waals surface area contributed by atoms with Gasteiger partial charge in [-0.15, -0.1) is 0 Å². The SMILES string of the molecule is C1=CN=C(C2NCCO2)NC=C1. The van der Waals surface area contributed by atoms with Crippen LogP contribution in [0.1, 0.15) is 0 Å². The number of allylic oxidation sites excluding steroid dienone is 2. The monoisotopic (exact) mass is 165 g/mol. The first-order valence-electron chi connectivity index (χ1n) is 3.98. The number of hydrogen-bond donors (Lipinski definition) is 2. The molecule has 2 heterocycles. The third-order valence-corrected chi connectivity index (χ3v) is 1.70. The molecule has 4 heteroatoms. The zero-order valence-corrected chi connectivity index (χ0v) is 6.66. The second-order valence-electron chi connectivity index (χ2n) is 2.56. The van der Waals surface area contributed by atoms with Gasteiger partial charge in [0, 0.05) is 18.9 Å². The second kappa shape index (κ2) is 3.51. The number of nitrogens with one attached hydrogen (secondary N) is 2. The summed E-state index contributed by atoms with van der Waals surface area (Å²) in [7, 11) is 0. The highest BCUT2D eigenvalue weighted by atomic mass is 16.5. The topological polar surface area (TPSA) is 45.7 Å². The summed E-state index contributed by atoms with van der Waals surface area (Å²) < 4.78 is 5.38. The molecule has 12 heavy (non-hydrogen) atoms. The van der Waals surface area contributed by atoms with Crippen molar-refractivity contribution in [3.63, 3.8) is 0 Å². The van der Waals surface area contributed by atoms with Crippen molar-refractivity contribution in [2.45, 2.75) is 6.23 Å². The average Bonchev–Trinajstić information content (AvgIpc) is 2.48. The van der Waals surface area contributed by atoms with Gasteiger partial charge in [-0.3, -0.25) is 5.32 Å². The van der Waals surface area contributed by atoms with E-state index in [1.807, 2.05) is 18.4 Å². The molecule has 1 atom stereocenters. The van der Waals surface area contributed by atoms with E-state index in [1.165, 1.54) is 0 Å².